The molecule has 200 valence electrons. The van der Waals surface area contributed by atoms with Gasteiger partial charge in [0.1, 0.15) is 17.2 Å². The van der Waals surface area contributed by atoms with Crippen LogP contribution in [-0.4, -0.2) is 58.5 Å². The summed E-state index contributed by atoms with van der Waals surface area (Å²) in [4.78, 5) is 21.2. The minimum Gasteiger partial charge on any atom is -0.496 e. The molecule has 38 heavy (non-hydrogen) atoms. The normalized spacial score (nSPS) is 14.1. The van der Waals surface area contributed by atoms with Gasteiger partial charge in [0.15, 0.2) is 0 Å². The van der Waals surface area contributed by atoms with E-state index in [2.05, 4.69) is 9.97 Å². The second kappa shape index (κ2) is 9.06. The molecule has 0 amide bonds. The van der Waals surface area contributed by atoms with Gasteiger partial charge in [-0.05, 0) is 77.7 Å². The van der Waals surface area contributed by atoms with Crippen LogP contribution in [0, 0.1) is 18.3 Å². The van der Waals surface area contributed by atoms with Crippen LogP contribution in [0.1, 0.15) is 43.3 Å². The van der Waals surface area contributed by atoms with Crippen LogP contribution in [0.15, 0.2) is 36.5 Å². The van der Waals surface area contributed by atoms with Gasteiger partial charge in [-0.2, -0.15) is 18.4 Å². The topological polar surface area (TPSA) is 96.2 Å². The zero-order valence-corrected chi connectivity index (χ0v) is 22.1. The number of alkyl halides is 3. The van der Waals surface area contributed by atoms with E-state index in [1.54, 1.807) is 27.7 Å². The number of hydrogen-bond donors (Lipinski definition) is 1. The van der Waals surface area contributed by atoms with Crippen molar-refractivity contribution in [3.8, 4) is 11.8 Å². The van der Waals surface area contributed by atoms with E-state index in [0.717, 1.165) is 4.90 Å². The minimum absolute atomic E-state index is 0.0267. The molecule has 0 saturated carbocycles. The van der Waals surface area contributed by atoms with E-state index in [0.29, 0.717) is 11.1 Å². The Hall–Kier alpha value is -4.04. The molecule has 1 atom stereocenters. The number of nitriles is 1. The van der Waals surface area contributed by atoms with Crippen LogP contribution in [0.4, 0.5) is 18.0 Å². The van der Waals surface area contributed by atoms with E-state index >= 15 is 13.2 Å². The monoisotopic (exact) mass is 527 g/mol. The molecule has 0 aliphatic carbocycles. The number of imidazole rings is 1. The summed E-state index contributed by atoms with van der Waals surface area (Å²) in [7, 11) is 3.90. The highest BCUT2D eigenvalue weighted by molar-refractivity contribution is 5.96. The maximum absolute atomic E-state index is 15.5. The maximum atomic E-state index is 15.5. The SMILES string of the molecule is COc1cc(C)c2c(ccn2C(=O)OC(C)(C)C)c1C(c1nc2cc(C#N)ccc2[nH]1)(N(C)C)C(F)(F)F. The van der Waals surface area contributed by atoms with Gasteiger partial charge >= 0.3 is 12.3 Å². The van der Waals surface area contributed by atoms with Crippen molar-refractivity contribution in [2.45, 2.75) is 45.0 Å². The molecule has 0 aliphatic rings. The third kappa shape index (κ3) is 4.15. The fraction of sp³-hybridized carbons (Fsp3) is 0.370. The lowest BCUT2D eigenvalue weighted by molar-refractivity contribution is -0.217. The van der Waals surface area contributed by atoms with E-state index in [1.807, 2.05) is 6.07 Å². The van der Waals surface area contributed by atoms with Crippen molar-refractivity contribution in [1.82, 2.24) is 19.4 Å². The number of hydrogen-bond acceptors (Lipinski definition) is 6. The highest BCUT2D eigenvalue weighted by Gasteiger charge is 2.63. The second-order valence-electron chi connectivity index (χ2n) is 10.2. The Morgan fingerprint density at radius 2 is 1.84 bits per heavy atom. The van der Waals surface area contributed by atoms with Gasteiger partial charge in [-0.25, -0.2) is 9.78 Å². The van der Waals surface area contributed by atoms with Crippen molar-refractivity contribution in [2.24, 2.45) is 0 Å². The average Bonchev–Trinajstić information content (AvgIpc) is 3.42. The first-order chi connectivity index (χ1) is 17.7. The largest absolute Gasteiger partial charge is 0.496 e. The lowest BCUT2D eigenvalue weighted by Crippen LogP contribution is -2.55. The van der Waals surface area contributed by atoms with Gasteiger partial charge in [0.05, 0.1) is 35.3 Å². The van der Waals surface area contributed by atoms with Crippen LogP contribution in [0.3, 0.4) is 0 Å². The summed E-state index contributed by atoms with van der Waals surface area (Å²) < 4.78 is 58.7. The molecule has 0 spiro atoms. The van der Waals surface area contributed by atoms with E-state index in [4.69, 9.17) is 9.47 Å². The van der Waals surface area contributed by atoms with E-state index < -0.39 is 29.2 Å². The van der Waals surface area contributed by atoms with Gasteiger partial charge in [-0.15, -0.1) is 0 Å². The Labute approximate surface area is 217 Å². The van der Waals surface area contributed by atoms with Gasteiger partial charge in [-0.3, -0.25) is 9.47 Å². The van der Waals surface area contributed by atoms with Crippen molar-refractivity contribution in [3.05, 3.63) is 59.0 Å². The molecule has 1 unspecified atom stereocenters. The number of aromatic amines is 1. The van der Waals surface area contributed by atoms with E-state index in [-0.39, 0.29) is 33.3 Å². The number of carbonyl (C=O) groups excluding carboxylic acids is 1. The Balaban J connectivity index is 2.14. The van der Waals surface area contributed by atoms with Crippen molar-refractivity contribution in [1.29, 1.82) is 5.26 Å². The molecule has 0 aliphatic heterocycles. The van der Waals surface area contributed by atoms with Crippen molar-refractivity contribution in [2.75, 3.05) is 21.2 Å². The number of aromatic nitrogens is 3. The fourth-order valence-corrected chi connectivity index (χ4v) is 4.83. The number of fused-ring (bicyclic) bond motifs is 2. The first kappa shape index (κ1) is 27.0. The highest BCUT2D eigenvalue weighted by atomic mass is 19.4. The molecule has 2 aromatic heterocycles. The molecule has 0 saturated heterocycles. The van der Waals surface area contributed by atoms with E-state index in [9.17, 15) is 10.1 Å². The summed E-state index contributed by atoms with van der Waals surface area (Å²) in [5.41, 5.74) is -2.28. The lowest BCUT2D eigenvalue weighted by Gasteiger charge is -2.41. The van der Waals surface area contributed by atoms with Gasteiger partial charge < -0.3 is 14.5 Å². The molecule has 11 heteroatoms. The second-order valence-corrected chi connectivity index (χ2v) is 10.2. The van der Waals surface area contributed by atoms with Crippen molar-refractivity contribution < 1.29 is 27.4 Å². The Morgan fingerprint density at radius 1 is 1.16 bits per heavy atom. The van der Waals surface area contributed by atoms with Crippen LogP contribution in [0.5, 0.6) is 5.75 Å². The van der Waals surface area contributed by atoms with Gasteiger partial charge in [0.2, 0.25) is 5.54 Å². The predicted octanol–water partition coefficient (Wildman–Crippen LogP) is 5.86. The van der Waals surface area contributed by atoms with Crippen molar-refractivity contribution >= 4 is 28.0 Å². The Kier molecular flexibility index (Phi) is 6.44. The number of methoxy groups -OCH3 is 1. The summed E-state index contributed by atoms with van der Waals surface area (Å²) in [5.74, 6) is -0.435. The predicted molar refractivity (Wildman–Crippen MR) is 136 cm³/mol. The summed E-state index contributed by atoms with van der Waals surface area (Å²) in [6.45, 7) is 6.80. The number of nitrogens with one attached hydrogen (secondary N) is 1. The Bertz CT molecular complexity index is 1590. The zero-order chi connectivity index (χ0) is 28.2. The van der Waals surface area contributed by atoms with Crippen LogP contribution >= 0.6 is 0 Å². The first-order valence-corrected chi connectivity index (χ1v) is 11.7. The molecule has 4 aromatic rings. The lowest BCUT2D eigenvalue weighted by atomic mass is 9.83. The van der Waals surface area contributed by atoms with E-state index in [1.165, 1.54) is 62.3 Å². The number of halogens is 3. The van der Waals surface area contributed by atoms with Crippen LogP contribution in [-0.2, 0) is 10.3 Å². The third-order valence-corrected chi connectivity index (χ3v) is 6.33. The summed E-state index contributed by atoms with van der Waals surface area (Å²) in [6, 6.07) is 9.34. The van der Waals surface area contributed by atoms with Gasteiger partial charge in [-0.1, -0.05) is 0 Å². The molecule has 1 N–H and O–H groups in total. The van der Waals surface area contributed by atoms with Crippen LogP contribution < -0.4 is 4.74 Å². The third-order valence-electron chi connectivity index (χ3n) is 6.33. The maximum Gasteiger partial charge on any atom is 0.419 e. The summed E-state index contributed by atoms with van der Waals surface area (Å²) in [6.07, 6.45) is -4.24. The Morgan fingerprint density at radius 3 is 2.39 bits per heavy atom. The molecule has 0 fully saturated rings. The highest BCUT2D eigenvalue weighted by Crippen LogP contribution is 2.53. The zero-order valence-electron chi connectivity index (χ0n) is 22.1. The molecule has 0 bridgehead atoms. The number of aryl methyl sites for hydroxylation is 1. The smallest absolute Gasteiger partial charge is 0.419 e. The number of carbonyl (C=O) groups is 1. The van der Waals surface area contributed by atoms with Gasteiger partial charge in [0.25, 0.3) is 0 Å². The number of nitrogens with zero attached hydrogens (tertiary/aromatic N) is 4. The minimum atomic E-state index is -4.91. The molecular formula is C27H28F3N5O3. The first-order valence-electron chi connectivity index (χ1n) is 11.7. The van der Waals surface area contributed by atoms with Crippen LogP contribution in [0.2, 0.25) is 0 Å². The number of ether oxygens (including phenoxy) is 2. The molecular weight excluding hydrogens is 499 g/mol. The molecule has 4 rings (SSSR count). The average molecular weight is 528 g/mol. The number of benzene rings is 2. The number of rotatable bonds is 4. The molecule has 8 nitrogen and oxygen atoms in total. The summed E-state index contributed by atoms with van der Waals surface area (Å²) in [5, 5.41) is 9.41. The standard InChI is InChI=1S/C27H28F3N5O3/c1-15-12-20(37-7)21(17-10-11-35(22(15)17)24(36)38-25(2,3)4)26(34(5)6,27(28,29)30)23-32-18-9-8-16(14-31)13-19(18)33-23/h8-13H,1-7H3,(H,32,33). The fourth-order valence-electron chi connectivity index (χ4n) is 4.83. The number of H-pyrrole nitrogens is 1. The van der Waals surface area contributed by atoms with Gasteiger partial charge in [0, 0.05) is 17.1 Å². The van der Waals surface area contributed by atoms with Crippen LogP contribution in [0.25, 0.3) is 21.9 Å². The molecule has 0 radical (unpaired) electrons. The quantitative estimate of drug-likeness (QED) is 0.357. The molecule has 2 aromatic carbocycles. The van der Waals surface area contributed by atoms with Crippen molar-refractivity contribution in [3.63, 3.8) is 0 Å². The summed E-state index contributed by atoms with van der Waals surface area (Å²) >= 11 is 0. The molecule has 2 heterocycles.